The van der Waals surface area contributed by atoms with Crippen LogP contribution in [0.4, 0.5) is 0 Å². The number of hydrogen-bond acceptors (Lipinski definition) is 7. The molecule has 0 bridgehead atoms. The maximum Gasteiger partial charge on any atom is 0.336 e. The van der Waals surface area contributed by atoms with Gasteiger partial charge in [-0.15, -0.1) is 0 Å². The zero-order valence-corrected chi connectivity index (χ0v) is 21.4. The number of carbonyl (C=O) groups is 2. The lowest BCUT2D eigenvalue weighted by Gasteiger charge is -2.30. The number of aliphatic imine (C=N–C) groups is 1. The summed E-state index contributed by atoms with van der Waals surface area (Å²) in [7, 11) is 4.15. The Morgan fingerprint density at radius 2 is 1.72 bits per heavy atom. The molecule has 1 aliphatic rings. The molecular weight excluding hydrogens is 482 g/mol. The lowest BCUT2D eigenvalue weighted by molar-refractivity contribution is -0.143. The van der Waals surface area contributed by atoms with E-state index in [1.807, 2.05) is 42.6 Å². The van der Waals surface area contributed by atoms with Crippen molar-refractivity contribution < 1.29 is 23.8 Å². The van der Waals surface area contributed by atoms with Gasteiger partial charge in [0.25, 0.3) is 0 Å². The normalized spacial score (nSPS) is 17.4. The molecule has 2 heterocycles. The topological polar surface area (TPSA) is 92.0 Å². The van der Waals surface area contributed by atoms with E-state index in [4.69, 9.17) is 30.9 Å². The summed E-state index contributed by atoms with van der Waals surface area (Å²) in [5.74, 6) is -2.18. The summed E-state index contributed by atoms with van der Waals surface area (Å²) in [5, 5.41) is 5.27. The van der Waals surface area contributed by atoms with Gasteiger partial charge in [-0.25, -0.2) is 9.48 Å². The van der Waals surface area contributed by atoms with Gasteiger partial charge in [0.1, 0.15) is 11.7 Å². The lowest BCUT2D eigenvalue weighted by atomic mass is 9.75. The van der Waals surface area contributed by atoms with Crippen LogP contribution in [0, 0.1) is 5.92 Å². The van der Waals surface area contributed by atoms with Crippen molar-refractivity contribution in [1.82, 2.24) is 9.78 Å². The number of carbonyl (C=O) groups excluding carboxylic acids is 2. The quantitative estimate of drug-likeness (QED) is 0.436. The van der Waals surface area contributed by atoms with Gasteiger partial charge in [-0.2, -0.15) is 5.10 Å². The van der Waals surface area contributed by atoms with Gasteiger partial charge in [0.15, 0.2) is 0 Å². The van der Waals surface area contributed by atoms with E-state index < -0.39 is 23.8 Å². The van der Waals surface area contributed by atoms with Crippen LogP contribution in [-0.2, 0) is 19.1 Å². The highest BCUT2D eigenvalue weighted by Gasteiger charge is 2.44. The van der Waals surface area contributed by atoms with E-state index in [9.17, 15) is 9.59 Å². The van der Waals surface area contributed by atoms with E-state index in [1.54, 1.807) is 30.7 Å². The molecule has 2 unspecified atom stereocenters. The fraction of sp³-hybridized carbons (Fsp3) is 0.259. The standard InChI is InChI=1S/C27H26ClN3O5/c1-15-22(26(32)35-4)24(23(16(2)29-15)27(33)36-5)19-14-31(18-9-7-6-8-10-18)30-25(19)17-11-12-21(34-3)20(28)13-17/h6-14,22,24H,1-5H3. The van der Waals surface area contributed by atoms with Crippen LogP contribution >= 0.6 is 11.6 Å². The lowest BCUT2D eigenvalue weighted by Crippen LogP contribution is -2.36. The third-order valence-electron chi connectivity index (χ3n) is 6.21. The molecule has 0 aliphatic carbocycles. The van der Waals surface area contributed by atoms with Crippen molar-refractivity contribution in [2.45, 2.75) is 19.8 Å². The molecule has 186 valence electrons. The Morgan fingerprint density at radius 1 is 1.00 bits per heavy atom. The summed E-state index contributed by atoms with van der Waals surface area (Å²) in [5.41, 5.74) is 3.94. The number of benzene rings is 2. The number of hydrogen-bond donors (Lipinski definition) is 0. The number of esters is 2. The Morgan fingerprint density at radius 3 is 2.33 bits per heavy atom. The van der Waals surface area contributed by atoms with Crippen LogP contribution in [0.25, 0.3) is 16.9 Å². The average Bonchev–Trinajstić information content (AvgIpc) is 3.33. The van der Waals surface area contributed by atoms with Crippen molar-refractivity contribution in [2.24, 2.45) is 10.9 Å². The number of methoxy groups -OCH3 is 3. The van der Waals surface area contributed by atoms with E-state index in [0.717, 1.165) is 5.69 Å². The largest absolute Gasteiger partial charge is 0.495 e. The molecule has 0 saturated heterocycles. The highest BCUT2D eigenvalue weighted by molar-refractivity contribution is 6.32. The van der Waals surface area contributed by atoms with Gasteiger partial charge in [0, 0.05) is 34.7 Å². The summed E-state index contributed by atoms with van der Waals surface area (Å²) in [6.07, 6.45) is 1.82. The highest BCUT2D eigenvalue weighted by atomic mass is 35.5. The first-order valence-corrected chi connectivity index (χ1v) is 11.6. The molecule has 0 spiro atoms. The Balaban J connectivity index is 2.02. The first-order chi connectivity index (χ1) is 17.3. The van der Waals surface area contributed by atoms with E-state index in [2.05, 4.69) is 4.99 Å². The minimum atomic E-state index is -0.853. The second-order valence-corrected chi connectivity index (χ2v) is 8.69. The smallest absolute Gasteiger partial charge is 0.336 e. The highest BCUT2D eigenvalue weighted by Crippen LogP contribution is 2.44. The number of allylic oxidation sites excluding steroid dienone is 1. The van der Waals surface area contributed by atoms with Crippen LogP contribution in [0.2, 0.25) is 5.02 Å². The Kier molecular flexibility index (Phi) is 7.26. The van der Waals surface area contributed by atoms with E-state index in [1.165, 1.54) is 21.3 Å². The minimum absolute atomic E-state index is 0.270. The number of rotatable bonds is 6. The molecule has 0 amide bonds. The van der Waals surface area contributed by atoms with Gasteiger partial charge in [0.2, 0.25) is 0 Å². The molecule has 4 rings (SSSR count). The second kappa shape index (κ2) is 10.4. The maximum absolute atomic E-state index is 13.0. The first kappa shape index (κ1) is 25.2. The molecule has 0 N–H and O–H groups in total. The van der Waals surface area contributed by atoms with Crippen LogP contribution in [0.3, 0.4) is 0 Å². The van der Waals surface area contributed by atoms with Gasteiger partial charge in [-0.1, -0.05) is 29.8 Å². The molecule has 0 saturated carbocycles. The third kappa shape index (κ3) is 4.52. The molecule has 2 aromatic carbocycles. The van der Waals surface area contributed by atoms with Crippen molar-refractivity contribution in [1.29, 1.82) is 0 Å². The van der Waals surface area contributed by atoms with Gasteiger partial charge in [-0.05, 0) is 44.2 Å². The number of nitrogens with zero attached hydrogens (tertiary/aromatic N) is 3. The summed E-state index contributed by atoms with van der Waals surface area (Å²) in [4.78, 5) is 30.6. The third-order valence-corrected chi connectivity index (χ3v) is 6.51. The predicted octanol–water partition coefficient (Wildman–Crippen LogP) is 5.00. The molecule has 0 radical (unpaired) electrons. The summed E-state index contributed by atoms with van der Waals surface area (Å²) >= 11 is 6.45. The number of para-hydroxylation sites is 1. The maximum atomic E-state index is 13.0. The van der Waals surface area contributed by atoms with E-state index in [-0.39, 0.29) is 5.57 Å². The van der Waals surface area contributed by atoms with Gasteiger partial charge >= 0.3 is 11.9 Å². The fourth-order valence-electron chi connectivity index (χ4n) is 4.55. The van der Waals surface area contributed by atoms with E-state index >= 15 is 0 Å². The van der Waals surface area contributed by atoms with Crippen LogP contribution in [-0.4, -0.2) is 48.8 Å². The zero-order chi connectivity index (χ0) is 26.0. The second-order valence-electron chi connectivity index (χ2n) is 8.28. The van der Waals surface area contributed by atoms with E-state index in [0.29, 0.717) is 39.0 Å². The summed E-state index contributed by atoms with van der Waals surface area (Å²) in [6.45, 7) is 3.47. The fourth-order valence-corrected chi connectivity index (χ4v) is 4.80. The van der Waals surface area contributed by atoms with Crippen LogP contribution < -0.4 is 4.74 Å². The summed E-state index contributed by atoms with van der Waals surface area (Å²) in [6, 6.07) is 14.9. The monoisotopic (exact) mass is 507 g/mol. The molecule has 36 heavy (non-hydrogen) atoms. The Labute approximate surface area is 214 Å². The minimum Gasteiger partial charge on any atom is -0.495 e. The van der Waals surface area contributed by atoms with Crippen molar-refractivity contribution in [3.63, 3.8) is 0 Å². The molecule has 0 fully saturated rings. The van der Waals surface area contributed by atoms with Gasteiger partial charge in [0.05, 0.1) is 43.3 Å². The number of halogens is 1. The SMILES string of the molecule is COC(=O)C1=C(C)N=C(C)C(C(=O)OC)C1c1cn(-c2ccccc2)nc1-c1ccc(OC)c(Cl)c1. The first-order valence-electron chi connectivity index (χ1n) is 11.2. The van der Waals surface area contributed by atoms with Crippen LogP contribution in [0.1, 0.15) is 25.3 Å². The average molecular weight is 508 g/mol. The van der Waals surface area contributed by atoms with Crippen molar-refractivity contribution >= 4 is 29.3 Å². The van der Waals surface area contributed by atoms with Crippen molar-refractivity contribution in [3.8, 4) is 22.7 Å². The molecule has 1 aliphatic heterocycles. The van der Waals surface area contributed by atoms with Gasteiger partial charge in [-0.3, -0.25) is 9.79 Å². The van der Waals surface area contributed by atoms with Gasteiger partial charge < -0.3 is 14.2 Å². The molecule has 8 nitrogen and oxygen atoms in total. The molecule has 1 aromatic heterocycles. The van der Waals surface area contributed by atoms with Crippen LogP contribution in [0.5, 0.6) is 5.75 Å². The molecule has 2 atom stereocenters. The van der Waals surface area contributed by atoms with Crippen molar-refractivity contribution in [3.05, 3.63) is 76.6 Å². The molecule has 3 aromatic rings. The summed E-state index contributed by atoms with van der Waals surface area (Å²) < 4.78 is 17.3. The predicted molar refractivity (Wildman–Crippen MR) is 137 cm³/mol. The Bertz CT molecular complexity index is 1380. The number of aromatic nitrogens is 2. The molecular formula is C27H26ClN3O5. The number of ether oxygens (including phenoxy) is 3. The van der Waals surface area contributed by atoms with Crippen molar-refractivity contribution in [2.75, 3.05) is 21.3 Å². The Hall–Kier alpha value is -3.91. The van der Waals surface area contributed by atoms with Crippen LogP contribution in [0.15, 0.2) is 71.0 Å². The molecule has 9 heteroatoms. The zero-order valence-electron chi connectivity index (χ0n) is 20.6.